The molecule has 0 fully saturated rings. The average molecular weight is 87.1 g/mol. The zero-order valence-corrected chi connectivity index (χ0v) is 3.13. The van der Waals surface area contributed by atoms with Gasteiger partial charge in [-0.25, -0.2) is 0 Å². The normalized spacial score (nSPS) is 20.2. The van der Waals surface area contributed by atoms with Crippen LogP contribution in [0.4, 0.5) is 0 Å². The monoisotopic (exact) mass is 87.0 g/mol. The summed E-state index contributed by atoms with van der Waals surface area (Å²) in [6.45, 7) is 0. The second-order valence-electron chi connectivity index (χ2n) is 0.913. The first-order valence-electron chi connectivity index (χ1n) is 1.61. The Morgan fingerprint density at radius 2 is 1.83 bits per heavy atom. The predicted octanol–water partition coefficient (Wildman–Crippen LogP) is -0.253. The molecule has 0 aromatic rings. The van der Waals surface area contributed by atoms with Crippen LogP contribution in [-0.2, 0) is 9.47 Å². The third-order valence-electron chi connectivity index (χ3n) is 0.481. The van der Waals surface area contributed by atoms with Gasteiger partial charge in [0.05, 0.1) is 0 Å². The largest absolute Gasteiger partial charge is 0.447 e. The minimum absolute atomic E-state index is 0.565. The fraction of sp³-hybridized carbons (Fsp3) is 0.333. The van der Waals surface area contributed by atoms with E-state index in [0.29, 0.717) is 0 Å². The van der Waals surface area contributed by atoms with Crippen molar-refractivity contribution in [1.29, 1.82) is 0 Å². The van der Waals surface area contributed by atoms with Crippen molar-refractivity contribution >= 4 is 0 Å². The number of nitrogens with two attached hydrogens (primary N) is 1. The summed E-state index contributed by atoms with van der Waals surface area (Å²) in [5, 5.41) is 0. The van der Waals surface area contributed by atoms with E-state index < -0.39 is 6.41 Å². The van der Waals surface area contributed by atoms with Crippen LogP contribution in [0.1, 0.15) is 0 Å². The molecule has 2 N–H and O–H groups in total. The van der Waals surface area contributed by atoms with Crippen molar-refractivity contribution in [2.45, 2.75) is 6.41 Å². The molecule has 0 radical (unpaired) electrons. The topological polar surface area (TPSA) is 44.5 Å². The van der Waals surface area contributed by atoms with Gasteiger partial charge >= 0.3 is 0 Å². The Bertz CT molecular complexity index is 63.2. The van der Waals surface area contributed by atoms with E-state index in [0.717, 1.165) is 0 Å². The predicted molar refractivity (Wildman–Crippen MR) is 19.3 cm³/mol. The van der Waals surface area contributed by atoms with Crippen molar-refractivity contribution < 1.29 is 9.47 Å². The van der Waals surface area contributed by atoms with E-state index in [1.54, 1.807) is 0 Å². The van der Waals surface area contributed by atoms with Gasteiger partial charge < -0.3 is 9.47 Å². The second-order valence-corrected chi connectivity index (χ2v) is 0.913. The Morgan fingerprint density at radius 3 is 2.00 bits per heavy atom. The van der Waals surface area contributed by atoms with Crippen molar-refractivity contribution in [3.05, 3.63) is 12.5 Å². The average Bonchev–Trinajstić information content (AvgIpc) is 1.86. The summed E-state index contributed by atoms with van der Waals surface area (Å²) in [5.74, 6) is 0. The highest BCUT2D eigenvalue weighted by atomic mass is 16.7. The van der Waals surface area contributed by atoms with Crippen molar-refractivity contribution in [1.82, 2.24) is 0 Å². The first-order valence-corrected chi connectivity index (χ1v) is 1.61. The SMILES string of the molecule is NC1OC=CO1. The molecular weight excluding hydrogens is 82.0 g/mol. The first-order chi connectivity index (χ1) is 2.89. The Balaban J connectivity index is 2.32. The van der Waals surface area contributed by atoms with Gasteiger partial charge in [0.2, 0.25) is 0 Å². The number of ether oxygens (including phenoxy) is 2. The fourth-order valence-electron chi connectivity index (χ4n) is 0.251. The zero-order valence-electron chi connectivity index (χ0n) is 3.13. The second kappa shape index (κ2) is 1.18. The summed E-state index contributed by atoms with van der Waals surface area (Å²) in [6, 6.07) is 0. The molecule has 0 aromatic carbocycles. The smallest absolute Gasteiger partial charge is 0.298 e. The van der Waals surface area contributed by atoms with E-state index in [1.807, 2.05) is 0 Å². The highest BCUT2D eigenvalue weighted by Crippen LogP contribution is 1.95. The van der Waals surface area contributed by atoms with E-state index in [2.05, 4.69) is 9.47 Å². The number of hydrogen-bond donors (Lipinski definition) is 1. The van der Waals surface area contributed by atoms with Gasteiger partial charge in [0.25, 0.3) is 6.41 Å². The highest BCUT2D eigenvalue weighted by molar-refractivity contribution is 4.67. The summed E-state index contributed by atoms with van der Waals surface area (Å²) in [6.07, 6.45) is 2.25. The van der Waals surface area contributed by atoms with E-state index in [9.17, 15) is 0 Å². The van der Waals surface area contributed by atoms with Gasteiger partial charge in [0, 0.05) is 0 Å². The molecule has 34 valence electrons. The molecule has 3 nitrogen and oxygen atoms in total. The lowest BCUT2D eigenvalue weighted by Crippen LogP contribution is -2.18. The van der Waals surface area contributed by atoms with E-state index in [4.69, 9.17) is 5.73 Å². The maximum atomic E-state index is 5.03. The summed E-state index contributed by atoms with van der Waals surface area (Å²) in [5.41, 5.74) is 5.03. The molecule has 1 aliphatic rings. The van der Waals surface area contributed by atoms with Crippen LogP contribution in [0.3, 0.4) is 0 Å². The molecule has 0 spiro atoms. The molecule has 3 heteroatoms. The number of hydrogen-bond acceptors (Lipinski definition) is 3. The molecule has 0 aromatic heterocycles. The van der Waals surface area contributed by atoms with Gasteiger partial charge in [-0.3, -0.25) is 5.73 Å². The molecular formula is C3H5NO2. The summed E-state index contributed by atoms with van der Waals surface area (Å²) in [7, 11) is 0. The lowest BCUT2D eigenvalue weighted by atomic mass is 11.1. The van der Waals surface area contributed by atoms with Crippen molar-refractivity contribution in [3.63, 3.8) is 0 Å². The lowest BCUT2D eigenvalue weighted by Gasteiger charge is -1.98. The van der Waals surface area contributed by atoms with E-state index in [1.165, 1.54) is 12.5 Å². The van der Waals surface area contributed by atoms with Crippen LogP contribution in [0.5, 0.6) is 0 Å². The summed E-state index contributed by atoms with van der Waals surface area (Å²) < 4.78 is 9.06. The van der Waals surface area contributed by atoms with Gasteiger partial charge in [0.15, 0.2) is 0 Å². The molecule has 0 aliphatic carbocycles. The van der Waals surface area contributed by atoms with Crippen LogP contribution in [0.25, 0.3) is 0 Å². The molecule has 0 bridgehead atoms. The van der Waals surface area contributed by atoms with Gasteiger partial charge in [-0.05, 0) is 0 Å². The Labute approximate surface area is 35.3 Å². The van der Waals surface area contributed by atoms with Gasteiger partial charge in [0.1, 0.15) is 12.5 Å². The molecule has 0 saturated heterocycles. The van der Waals surface area contributed by atoms with Crippen molar-refractivity contribution in [3.8, 4) is 0 Å². The Hall–Kier alpha value is -0.700. The Morgan fingerprint density at radius 1 is 1.33 bits per heavy atom. The zero-order chi connectivity index (χ0) is 4.41. The van der Waals surface area contributed by atoms with Crippen LogP contribution >= 0.6 is 0 Å². The first kappa shape index (κ1) is 3.49. The number of rotatable bonds is 0. The molecule has 0 unspecified atom stereocenters. The summed E-state index contributed by atoms with van der Waals surface area (Å²) >= 11 is 0. The van der Waals surface area contributed by atoms with Gasteiger partial charge in [-0.15, -0.1) is 0 Å². The lowest BCUT2D eigenvalue weighted by molar-refractivity contribution is -0.0161. The standard InChI is InChI=1S/C3H5NO2/c4-3-5-1-2-6-3/h1-3H,4H2. The van der Waals surface area contributed by atoms with Gasteiger partial charge in [-0.2, -0.15) is 0 Å². The maximum absolute atomic E-state index is 5.03. The fourth-order valence-corrected chi connectivity index (χ4v) is 0.251. The summed E-state index contributed by atoms with van der Waals surface area (Å²) in [4.78, 5) is 0. The minimum atomic E-state index is -0.565. The van der Waals surface area contributed by atoms with Crippen LogP contribution < -0.4 is 5.73 Å². The van der Waals surface area contributed by atoms with Crippen LogP contribution in [0.2, 0.25) is 0 Å². The van der Waals surface area contributed by atoms with Crippen LogP contribution in [-0.4, -0.2) is 6.41 Å². The molecule has 0 atom stereocenters. The third-order valence-corrected chi connectivity index (χ3v) is 0.481. The molecule has 1 rings (SSSR count). The minimum Gasteiger partial charge on any atom is -0.447 e. The third kappa shape index (κ3) is 0.440. The van der Waals surface area contributed by atoms with Crippen molar-refractivity contribution in [2.75, 3.05) is 0 Å². The quantitative estimate of drug-likeness (QED) is 0.443. The van der Waals surface area contributed by atoms with Gasteiger partial charge in [-0.1, -0.05) is 0 Å². The molecule has 1 aliphatic heterocycles. The molecule has 1 heterocycles. The van der Waals surface area contributed by atoms with Crippen LogP contribution in [0, 0.1) is 0 Å². The highest BCUT2D eigenvalue weighted by Gasteiger charge is 2.00. The van der Waals surface area contributed by atoms with E-state index >= 15 is 0 Å². The molecule has 6 heavy (non-hydrogen) atoms. The van der Waals surface area contributed by atoms with E-state index in [-0.39, 0.29) is 0 Å². The molecule has 0 amide bonds. The Kier molecular flexibility index (Phi) is 0.686. The van der Waals surface area contributed by atoms with Crippen molar-refractivity contribution in [2.24, 2.45) is 5.73 Å². The molecule has 0 saturated carbocycles. The van der Waals surface area contributed by atoms with Crippen LogP contribution in [0.15, 0.2) is 12.5 Å². The maximum Gasteiger partial charge on any atom is 0.298 e.